The van der Waals surface area contributed by atoms with Crippen molar-refractivity contribution in [3.05, 3.63) is 23.8 Å². The monoisotopic (exact) mass is 570 g/mol. The number of alkyl halides is 1. The van der Waals surface area contributed by atoms with Crippen molar-refractivity contribution in [2.75, 3.05) is 24.7 Å². The highest BCUT2D eigenvalue weighted by Crippen LogP contribution is 2.54. The maximum absolute atomic E-state index is 15.5. The molecule has 4 aliphatic rings. The Morgan fingerprint density at radius 1 is 1.27 bits per heavy atom. The molecule has 220 valence electrons. The molecule has 0 saturated heterocycles. The number of amides is 1. The number of fused-ring (bicyclic) bond motifs is 6. The average Bonchev–Trinajstić information content (AvgIpc) is 3.49. The quantitative estimate of drug-likeness (QED) is 0.409. The molecule has 5 rings (SSSR count). The first-order chi connectivity index (χ1) is 19.3. The van der Waals surface area contributed by atoms with Crippen LogP contribution in [0.5, 0.6) is 5.75 Å². The summed E-state index contributed by atoms with van der Waals surface area (Å²) in [5.41, 5.74) is 2.73. The average molecular weight is 571 g/mol. The molecule has 10 unspecified atom stereocenters. The van der Waals surface area contributed by atoms with Crippen molar-refractivity contribution in [3.63, 3.8) is 0 Å². The number of nitrogens with zero attached hydrogens (tertiary/aromatic N) is 2. The van der Waals surface area contributed by atoms with Gasteiger partial charge in [0.05, 0.1) is 24.3 Å². The second kappa shape index (κ2) is 12.8. The third-order valence-corrected chi connectivity index (χ3v) is 11.2. The van der Waals surface area contributed by atoms with E-state index >= 15 is 4.39 Å². The van der Waals surface area contributed by atoms with E-state index in [1.807, 2.05) is 11.8 Å². The highest BCUT2D eigenvalue weighted by atomic mass is 32.2. The molecule has 0 radical (unpaired) electrons. The molecule has 40 heavy (non-hydrogen) atoms. The normalized spacial score (nSPS) is 34.8. The summed E-state index contributed by atoms with van der Waals surface area (Å²) >= 11 is 1.94. The number of hydrogen-bond acceptors (Lipinski definition) is 6. The van der Waals surface area contributed by atoms with Crippen LogP contribution >= 0.6 is 11.8 Å². The molecular formula is C32H47FN4O2S. The van der Waals surface area contributed by atoms with E-state index in [-0.39, 0.29) is 35.9 Å². The number of hydrogen-bond donors (Lipinski definition) is 2. The van der Waals surface area contributed by atoms with E-state index in [1.54, 1.807) is 7.05 Å². The van der Waals surface area contributed by atoms with Crippen LogP contribution in [0, 0.1) is 29.6 Å². The molecule has 2 heterocycles. The van der Waals surface area contributed by atoms with Gasteiger partial charge in [-0.25, -0.2) is 4.39 Å². The van der Waals surface area contributed by atoms with Gasteiger partial charge in [0.25, 0.3) is 0 Å². The molecule has 1 aromatic rings. The van der Waals surface area contributed by atoms with Crippen molar-refractivity contribution in [2.24, 2.45) is 39.6 Å². The summed E-state index contributed by atoms with van der Waals surface area (Å²) in [5, 5.41) is 6.83. The number of aliphatic imine (C=N–C) groups is 2. The smallest absolute Gasteiger partial charge is 0.225 e. The van der Waals surface area contributed by atoms with Gasteiger partial charge in [0.2, 0.25) is 5.91 Å². The number of halogens is 1. The van der Waals surface area contributed by atoms with Crippen LogP contribution in [0.2, 0.25) is 0 Å². The molecule has 2 aliphatic heterocycles. The minimum Gasteiger partial charge on any atom is -0.492 e. The van der Waals surface area contributed by atoms with Crippen molar-refractivity contribution in [1.29, 1.82) is 0 Å². The molecule has 2 fully saturated rings. The van der Waals surface area contributed by atoms with Crippen molar-refractivity contribution >= 4 is 35.3 Å². The van der Waals surface area contributed by atoms with E-state index in [0.29, 0.717) is 35.8 Å². The van der Waals surface area contributed by atoms with Crippen LogP contribution in [0.3, 0.4) is 0 Å². The van der Waals surface area contributed by atoms with Crippen LogP contribution in [-0.4, -0.2) is 60.9 Å². The Balaban J connectivity index is 1.44. The van der Waals surface area contributed by atoms with E-state index in [0.717, 1.165) is 42.4 Å². The lowest BCUT2D eigenvalue weighted by molar-refractivity contribution is -0.126. The fourth-order valence-electron chi connectivity index (χ4n) is 7.19. The highest BCUT2D eigenvalue weighted by molar-refractivity contribution is 7.99. The number of carbonyl (C=O) groups excluding carboxylic acids is 1. The fourth-order valence-corrected chi connectivity index (χ4v) is 8.58. The van der Waals surface area contributed by atoms with Crippen LogP contribution in [0.15, 0.2) is 28.2 Å². The largest absolute Gasteiger partial charge is 0.492 e. The van der Waals surface area contributed by atoms with Crippen LogP contribution in [0.1, 0.15) is 77.7 Å². The molecular weight excluding hydrogens is 523 g/mol. The lowest BCUT2D eigenvalue weighted by atomic mass is 9.83. The van der Waals surface area contributed by atoms with Gasteiger partial charge in [-0.1, -0.05) is 46.6 Å². The zero-order valence-corrected chi connectivity index (χ0v) is 25.6. The Morgan fingerprint density at radius 2 is 2.10 bits per heavy atom. The number of thioether (sulfide) groups is 1. The maximum Gasteiger partial charge on any atom is 0.225 e. The minimum atomic E-state index is -1.33. The summed E-state index contributed by atoms with van der Waals surface area (Å²) < 4.78 is 22.0. The first-order valence-corrected chi connectivity index (χ1v) is 16.4. The summed E-state index contributed by atoms with van der Waals surface area (Å²) in [6.45, 7) is 9.62. The van der Waals surface area contributed by atoms with Gasteiger partial charge < -0.3 is 15.4 Å². The van der Waals surface area contributed by atoms with Crippen molar-refractivity contribution in [3.8, 4) is 5.75 Å². The van der Waals surface area contributed by atoms with Gasteiger partial charge in [0.1, 0.15) is 11.9 Å². The summed E-state index contributed by atoms with van der Waals surface area (Å²) in [5.74, 6) is 3.45. The molecule has 10 atom stereocenters. The van der Waals surface area contributed by atoms with Crippen LogP contribution in [0.4, 0.5) is 10.1 Å². The molecule has 6 bridgehead atoms. The Bertz CT molecular complexity index is 1110. The van der Waals surface area contributed by atoms with E-state index < -0.39 is 6.17 Å². The van der Waals surface area contributed by atoms with Crippen molar-refractivity contribution < 1.29 is 13.9 Å². The molecule has 1 aromatic carbocycles. The second-order valence-corrected chi connectivity index (χ2v) is 14.0. The standard InChI is InChI=1S/C32H47FN4O2S/c1-6-18(2)7-8-19(3)23-10-9-22-16-27(23)39-11-12-40-28-15-21-14-24(28)30(29(21)32(38)34-5)37-26-13-20(4)31(36-22)35-17-25(26)33/h9-10,16-21,24-25,28-31,36H,6-8,11-15H2,1-5H3,(H,34,38). The SMILES string of the molecule is CCC(C)CCC(C)c1ccc2cc1OCCSC1CC3CC1C(N=C1CC(C)C(N=CC1F)N2)C3C(=O)NC. The van der Waals surface area contributed by atoms with Gasteiger partial charge in [0.15, 0.2) is 6.17 Å². The number of nitrogens with one attached hydrogen (secondary N) is 2. The molecule has 6 nitrogen and oxygen atoms in total. The third-order valence-electron chi connectivity index (χ3n) is 9.85. The minimum absolute atomic E-state index is 0.0433. The summed E-state index contributed by atoms with van der Waals surface area (Å²) in [4.78, 5) is 22.6. The van der Waals surface area contributed by atoms with Crippen LogP contribution < -0.4 is 15.4 Å². The Kier molecular flexibility index (Phi) is 9.43. The molecule has 1 amide bonds. The second-order valence-electron chi connectivity index (χ2n) is 12.6. The van der Waals surface area contributed by atoms with E-state index in [9.17, 15) is 4.79 Å². The van der Waals surface area contributed by atoms with Crippen LogP contribution in [0.25, 0.3) is 0 Å². The zero-order chi connectivity index (χ0) is 28.4. The molecule has 0 aromatic heterocycles. The first-order valence-electron chi connectivity index (χ1n) is 15.4. The Hall–Kier alpha value is -2.09. The summed E-state index contributed by atoms with van der Waals surface area (Å²) in [6.07, 6.45) is 5.89. The van der Waals surface area contributed by atoms with Gasteiger partial charge in [-0.05, 0) is 61.0 Å². The molecule has 2 aliphatic carbocycles. The lowest BCUT2D eigenvalue weighted by Gasteiger charge is -2.33. The summed E-state index contributed by atoms with van der Waals surface area (Å²) in [7, 11) is 1.70. The number of rotatable bonds is 6. The lowest BCUT2D eigenvalue weighted by Crippen LogP contribution is -2.43. The van der Waals surface area contributed by atoms with Gasteiger partial charge in [0, 0.05) is 41.9 Å². The Morgan fingerprint density at radius 3 is 2.88 bits per heavy atom. The van der Waals surface area contributed by atoms with Crippen LogP contribution in [-0.2, 0) is 4.79 Å². The molecule has 2 saturated carbocycles. The number of benzene rings is 1. The van der Waals surface area contributed by atoms with Gasteiger partial charge in [-0.2, -0.15) is 11.8 Å². The highest BCUT2D eigenvalue weighted by Gasteiger charge is 2.55. The zero-order valence-electron chi connectivity index (χ0n) is 24.7. The van der Waals surface area contributed by atoms with Crippen molar-refractivity contribution in [2.45, 2.75) is 95.8 Å². The molecule has 2 N–H and O–H groups in total. The van der Waals surface area contributed by atoms with Gasteiger partial charge in [-0.15, -0.1) is 0 Å². The first kappa shape index (κ1) is 29.4. The van der Waals surface area contributed by atoms with E-state index in [4.69, 9.17) is 9.73 Å². The number of anilines is 1. The predicted molar refractivity (Wildman–Crippen MR) is 165 cm³/mol. The number of ether oxygens (including phenoxy) is 1. The molecule has 8 heteroatoms. The molecule has 0 spiro atoms. The van der Waals surface area contributed by atoms with E-state index in [2.05, 4.69) is 61.5 Å². The van der Waals surface area contributed by atoms with Gasteiger partial charge in [-0.3, -0.25) is 14.8 Å². The maximum atomic E-state index is 15.5. The predicted octanol–water partition coefficient (Wildman–Crippen LogP) is 6.51. The topological polar surface area (TPSA) is 75.1 Å². The third kappa shape index (κ3) is 6.22. The fraction of sp³-hybridized carbons (Fsp3) is 0.719. The van der Waals surface area contributed by atoms with Crippen molar-refractivity contribution in [1.82, 2.24) is 5.32 Å². The number of carbonyl (C=O) groups is 1. The van der Waals surface area contributed by atoms with Gasteiger partial charge >= 0.3 is 0 Å². The summed E-state index contributed by atoms with van der Waals surface area (Å²) in [6, 6.07) is 6.25. The Labute approximate surface area is 243 Å². The van der Waals surface area contributed by atoms with E-state index in [1.165, 1.54) is 24.6 Å².